The number of benzene rings is 3. The summed E-state index contributed by atoms with van der Waals surface area (Å²) in [4.78, 5) is 17.6. The molecule has 0 radical (unpaired) electrons. The Kier molecular flexibility index (Phi) is 7.94. The van der Waals surface area contributed by atoms with Gasteiger partial charge in [-0.3, -0.25) is 9.78 Å². The number of hydrogen-bond donors (Lipinski definition) is 1. The van der Waals surface area contributed by atoms with Gasteiger partial charge in [0, 0.05) is 18.7 Å². The van der Waals surface area contributed by atoms with Crippen LogP contribution >= 0.6 is 0 Å². The van der Waals surface area contributed by atoms with E-state index in [0.717, 1.165) is 29.8 Å². The monoisotopic (exact) mass is 544 g/mol. The van der Waals surface area contributed by atoms with E-state index in [9.17, 15) is 31.1 Å². The van der Waals surface area contributed by atoms with Crippen LogP contribution in [0.1, 0.15) is 32.7 Å². The van der Waals surface area contributed by atoms with Gasteiger partial charge in [0.15, 0.2) is 0 Å². The van der Waals surface area contributed by atoms with Crippen LogP contribution in [0.15, 0.2) is 91.1 Å². The summed E-state index contributed by atoms with van der Waals surface area (Å²) in [6.45, 7) is 1.77. The Balaban J connectivity index is 1.93. The van der Waals surface area contributed by atoms with Crippen molar-refractivity contribution < 1.29 is 35.9 Å². The molecule has 4 nitrogen and oxygen atoms in total. The molecule has 0 spiro atoms. The van der Waals surface area contributed by atoms with Crippen LogP contribution in [0.5, 0.6) is 5.75 Å². The number of amides is 1. The third kappa shape index (κ3) is 6.39. The Labute approximate surface area is 220 Å². The van der Waals surface area contributed by atoms with Gasteiger partial charge in [0.2, 0.25) is 0 Å². The minimum atomic E-state index is -4.90. The summed E-state index contributed by atoms with van der Waals surface area (Å²) in [5.74, 6) is -3.29. The fraction of sp³-hybridized carbons (Fsp3) is 0.172. The highest BCUT2D eigenvalue weighted by Gasteiger charge is 2.45. The first-order chi connectivity index (χ1) is 18.5. The molecule has 0 bridgehead atoms. The van der Waals surface area contributed by atoms with Crippen LogP contribution in [0.4, 0.5) is 26.3 Å². The molecule has 0 aliphatic heterocycles. The van der Waals surface area contributed by atoms with Crippen LogP contribution in [0.2, 0.25) is 0 Å². The van der Waals surface area contributed by atoms with Gasteiger partial charge in [-0.2, -0.15) is 17.6 Å². The molecule has 1 amide bonds. The van der Waals surface area contributed by atoms with Gasteiger partial charge in [0.25, 0.3) is 5.91 Å². The second kappa shape index (κ2) is 11.2. The normalized spacial score (nSPS) is 13.1. The predicted molar refractivity (Wildman–Crippen MR) is 132 cm³/mol. The molecular formula is C29H22F6N2O2. The molecule has 0 aliphatic carbocycles. The number of nitrogens with zero attached hydrogens (tertiary/aromatic N) is 1. The van der Waals surface area contributed by atoms with Crippen LogP contribution in [0, 0.1) is 18.6 Å². The molecule has 0 fully saturated rings. The Morgan fingerprint density at radius 3 is 2.21 bits per heavy atom. The van der Waals surface area contributed by atoms with Crippen LogP contribution in [0.3, 0.4) is 0 Å². The SMILES string of the molecule is Cc1ccc(C(=O)N[C@](Cc2ccccc2)(c2ccc(F)cc2)c2cc(F)cc(OC(F)(F)C(F)F)c2)nc1. The van der Waals surface area contributed by atoms with Gasteiger partial charge in [-0.15, -0.1) is 0 Å². The van der Waals surface area contributed by atoms with Crippen molar-refractivity contribution in [1.29, 1.82) is 0 Å². The van der Waals surface area contributed by atoms with Crippen molar-refractivity contribution in [2.75, 3.05) is 0 Å². The summed E-state index contributed by atoms with van der Waals surface area (Å²) < 4.78 is 86.2. The molecule has 0 saturated heterocycles. The van der Waals surface area contributed by atoms with Crippen LogP contribution in [-0.4, -0.2) is 23.4 Å². The minimum Gasteiger partial charge on any atom is -0.428 e. The van der Waals surface area contributed by atoms with E-state index in [0.29, 0.717) is 11.6 Å². The summed E-state index contributed by atoms with van der Waals surface area (Å²) in [7, 11) is 0. The van der Waals surface area contributed by atoms with E-state index in [4.69, 9.17) is 0 Å². The lowest BCUT2D eigenvalue weighted by atomic mass is 9.77. The number of ether oxygens (including phenoxy) is 1. The van der Waals surface area contributed by atoms with Crippen molar-refractivity contribution in [2.45, 2.75) is 31.4 Å². The van der Waals surface area contributed by atoms with Crippen molar-refractivity contribution in [3.63, 3.8) is 0 Å². The maximum absolute atomic E-state index is 14.9. The molecule has 0 unspecified atom stereocenters. The fourth-order valence-corrected chi connectivity index (χ4v) is 4.13. The zero-order chi connectivity index (χ0) is 28.2. The molecule has 1 aromatic heterocycles. The molecule has 4 aromatic rings. The number of pyridine rings is 1. The molecule has 0 aliphatic rings. The van der Waals surface area contributed by atoms with Gasteiger partial charge in [-0.05, 0) is 59.5 Å². The number of rotatable bonds is 9. The average Bonchev–Trinajstić information content (AvgIpc) is 2.89. The highest BCUT2D eigenvalue weighted by atomic mass is 19.3. The van der Waals surface area contributed by atoms with E-state index in [1.807, 2.05) is 0 Å². The lowest BCUT2D eigenvalue weighted by Crippen LogP contribution is -2.49. The molecule has 0 saturated carbocycles. The van der Waals surface area contributed by atoms with Crippen LogP contribution in [0.25, 0.3) is 0 Å². The number of alkyl halides is 4. The summed E-state index contributed by atoms with van der Waals surface area (Å²) in [6, 6.07) is 19.1. The van der Waals surface area contributed by atoms with Gasteiger partial charge in [-0.1, -0.05) is 48.5 Å². The molecule has 4 rings (SSSR count). The summed E-state index contributed by atoms with van der Waals surface area (Å²) in [5, 5.41) is 2.83. The smallest absolute Gasteiger partial charge is 0.428 e. The number of nitrogens with one attached hydrogen (secondary N) is 1. The van der Waals surface area contributed by atoms with E-state index in [1.165, 1.54) is 24.4 Å². The van der Waals surface area contributed by atoms with Crippen LogP contribution in [-0.2, 0) is 12.0 Å². The van der Waals surface area contributed by atoms with Crippen molar-refractivity contribution in [2.24, 2.45) is 0 Å². The zero-order valence-electron chi connectivity index (χ0n) is 20.5. The first-order valence-electron chi connectivity index (χ1n) is 11.7. The Hall–Kier alpha value is -4.34. The first kappa shape index (κ1) is 27.7. The van der Waals surface area contributed by atoms with Crippen molar-refractivity contribution in [3.05, 3.63) is 131 Å². The molecule has 202 valence electrons. The highest BCUT2D eigenvalue weighted by molar-refractivity contribution is 5.93. The van der Waals surface area contributed by atoms with E-state index < -0.39 is 41.4 Å². The van der Waals surface area contributed by atoms with Gasteiger partial charge < -0.3 is 10.1 Å². The van der Waals surface area contributed by atoms with E-state index in [1.54, 1.807) is 43.3 Å². The van der Waals surface area contributed by atoms with Gasteiger partial charge >= 0.3 is 12.5 Å². The van der Waals surface area contributed by atoms with E-state index in [2.05, 4.69) is 15.0 Å². The third-order valence-electron chi connectivity index (χ3n) is 5.99. The molecule has 1 heterocycles. The number of carbonyl (C=O) groups is 1. The molecular weight excluding hydrogens is 522 g/mol. The van der Waals surface area contributed by atoms with Gasteiger partial charge in [0.05, 0.1) is 5.54 Å². The predicted octanol–water partition coefficient (Wildman–Crippen LogP) is 6.82. The fourth-order valence-electron chi connectivity index (χ4n) is 4.13. The van der Waals surface area contributed by atoms with Crippen molar-refractivity contribution in [3.8, 4) is 5.75 Å². The van der Waals surface area contributed by atoms with Gasteiger partial charge in [0.1, 0.15) is 23.1 Å². The summed E-state index contributed by atoms with van der Waals surface area (Å²) in [6.07, 6.45) is -7.68. The number of hydrogen-bond acceptors (Lipinski definition) is 3. The van der Waals surface area contributed by atoms with Crippen molar-refractivity contribution >= 4 is 5.91 Å². The molecule has 39 heavy (non-hydrogen) atoms. The standard InChI is InChI=1S/C29H22F6N2O2/c1-18-7-12-25(36-17-18)26(38)37-28(16-19-5-3-2-4-6-19,20-8-10-22(30)11-9-20)21-13-23(31)15-24(14-21)39-29(34,35)27(32)33/h2-15,17,27H,16H2,1H3,(H,37,38)/t28-/m1/s1. The van der Waals surface area contributed by atoms with E-state index >= 15 is 0 Å². The quantitative estimate of drug-likeness (QED) is 0.235. The zero-order valence-corrected chi connectivity index (χ0v) is 20.5. The highest BCUT2D eigenvalue weighted by Crippen LogP contribution is 2.38. The third-order valence-corrected chi connectivity index (χ3v) is 5.99. The lowest BCUT2D eigenvalue weighted by Gasteiger charge is -2.37. The maximum Gasteiger partial charge on any atom is 0.461 e. The van der Waals surface area contributed by atoms with Gasteiger partial charge in [-0.25, -0.2) is 8.78 Å². The van der Waals surface area contributed by atoms with Crippen LogP contribution < -0.4 is 10.1 Å². The minimum absolute atomic E-state index is 0.00254. The Morgan fingerprint density at radius 2 is 1.59 bits per heavy atom. The topological polar surface area (TPSA) is 51.2 Å². The maximum atomic E-state index is 14.9. The molecule has 10 heteroatoms. The Morgan fingerprint density at radius 1 is 0.897 bits per heavy atom. The Bertz CT molecular complexity index is 1430. The molecule has 1 atom stereocenters. The molecule has 3 aromatic carbocycles. The second-order valence-corrected chi connectivity index (χ2v) is 8.89. The van der Waals surface area contributed by atoms with Crippen molar-refractivity contribution in [1.82, 2.24) is 10.3 Å². The lowest BCUT2D eigenvalue weighted by molar-refractivity contribution is -0.253. The molecule has 1 N–H and O–H groups in total. The number of halogens is 6. The summed E-state index contributed by atoms with van der Waals surface area (Å²) >= 11 is 0. The number of aryl methyl sites for hydroxylation is 1. The summed E-state index contributed by atoms with van der Waals surface area (Å²) in [5.41, 5.74) is -0.156. The first-order valence-corrected chi connectivity index (χ1v) is 11.7. The second-order valence-electron chi connectivity index (χ2n) is 8.89. The number of aromatic nitrogens is 1. The average molecular weight is 544 g/mol. The largest absolute Gasteiger partial charge is 0.461 e. The van der Waals surface area contributed by atoms with E-state index in [-0.39, 0.29) is 23.2 Å². The number of carbonyl (C=O) groups excluding carboxylic acids is 1.